The van der Waals surface area contributed by atoms with Crippen molar-refractivity contribution in [2.24, 2.45) is 0 Å². The number of hydrogen-bond donors (Lipinski definition) is 1. The Hall–Kier alpha value is -1.67. The Labute approximate surface area is 123 Å². The largest absolute Gasteiger partial charge is 0.379 e. The van der Waals surface area contributed by atoms with Crippen LogP contribution in [0.4, 0.5) is 11.4 Å². The second-order valence-corrected chi connectivity index (χ2v) is 7.07. The second-order valence-electron chi connectivity index (χ2n) is 5.06. The third-order valence-corrected chi connectivity index (χ3v) is 4.51. The maximum absolute atomic E-state index is 11.4. The molecule has 1 N–H and O–H groups in total. The molecular formula is C13H18N2O5S. The van der Waals surface area contributed by atoms with E-state index < -0.39 is 14.8 Å². The molecule has 1 atom stereocenters. The van der Waals surface area contributed by atoms with Gasteiger partial charge in [-0.05, 0) is 31.4 Å². The van der Waals surface area contributed by atoms with Gasteiger partial charge in [0.1, 0.15) is 5.69 Å². The molecule has 0 aliphatic carbocycles. The number of ether oxygens (including phenoxy) is 1. The molecule has 0 amide bonds. The smallest absolute Gasteiger partial charge is 0.293 e. The van der Waals surface area contributed by atoms with Crippen LogP contribution in [-0.4, -0.2) is 38.9 Å². The molecule has 0 aromatic heterocycles. The van der Waals surface area contributed by atoms with E-state index in [2.05, 4.69) is 5.32 Å². The molecule has 1 unspecified atom stereocenters. The van der Waals surface area contributed by atoms with Crippen molar-refractivity contribution in [1.82, 2.24) is 0 Å². The first-order valence-electron chi connectivity index (χ1n) is 6.72. The number of nitrogens with zero attached hydrogens (tertiary/aromatic N) is 1. The van der Waals surface area contributed by atoms with E-state index in [1.54, 1.807) is 0 Å². The quantitative estimate of drug-likeness (QED) is 0.637. The second kappa shape index (κ2) is 6.40. The Morgan fingerprint density at radius 3 is 2.81 bits per heavy atom. The topological polar surface area (TPSA) is 98.5 Å². The first-order chi connectivity index (χ1) is 9.88. The summed E-state index contributed by atoms with van der Waals surface area (Å²) in [6, 6.07) is 3.89. The summed E-state index contributed by atoms with van der Waals surface area (Å²) in [7, 11) is -3.46. The van der Waals surface area contributed by atoms with Crippen LogP contribution in [0, 0.1) is 10.1 Å². The van der Waals surface area contributed by atoms with Crippen molar-refractivity contribution in [3.8, 4) is 0 Å². The van der Waals surface area contributed by atoms with Crippen molar-refractivity contribution in [2.45, 2.75) is 30.3 Å². The summed E-state index contributed by atoms with van der Waals surface area (Å²) >= 11 is 0. The molecule has 1 fully saturated rings. The van der Waals surface area contributed by atoms with Crippen molar-refractivity contribution in [1.29, 1.82) is 0 Å². The van der Waals surface area contributed by atoms with Gasteiger partial charge in [0.2, 0.25) is 0 Å². The number of benzene rings is 1. The molecule has 7 nitrogen and oxygen atoms in total. The van der Waals surface area contributed by atoms with E-state index in [9.17, 15) is 18.5 Å². The fraction of sp³-hybridized carbons (Fsp3) is 0.538. The molecule has 0 radical (unpaired) electrons. The third kappa shape index (κ3) is 4.15. The van der Waals surface area contributed by atoms with Crippen LogP contribution < -0.4 is 5.32 Å². The van der Waals surface area contributed by atoms with E-state index in [0.29, 0.717) is 12.2 Å². The van der Waals surface area contributed by atoms with Crippen molar-refractivity contribution in [2.75, 3.05) is 24.7 Å². The Morgan fingerprint density at radius 1 is 1.48 bits per heavy atom. The van der Waals surface area contributed by atoms with E-state index in [-0.39, 0.29) is 16.7 Å². The number of nitro groups is 1. The van der Waals surface area contributed by atoms with Gasteiger partial charge in [-0.3, -0.25) is 10.1 Å². The molecule has 1 aromatic carbocycles. The van der Waals surface area contributed by atoms with Crippen LogP contribution in [-0.2, 0) is 14.6 Å². The van der Waals surface area contributed by atoms with Crippen molar-refractivity contribution >= 4 is 21.2 Å². The molecule has 0 spiro atoms. The van der Waals surface area contributed by atoms with Gasteiger partial charge < -0.3 is 10.1 Å². The molecule has 1 aliphatic heterocycles. The van der Waals surface area contributed by atoms with Crippen LogP contribution >= 0.6 is 0 Å². The van der Waals surface area contributed by atoms with E-state index in [1.807, 2.05) is 0 Å². The van der Waals surface area contributed by atoms with Gasteiger partial charge in [-0.25, -0.2) is 8.42 Å². The number of rotatable bonds is 6. The summed E-state index contributed by atoms with van der Waals surface area (Å²) in [6.45, 7) is 1.32. The summed E-state index contributed by atoms with van der Waals surface area (Å²) in [4.78, 5) is 10.4. The fourth-order valence-electron chi connectivity index (χ4n) is 2.28. The molecule has 2 rings (SSSR count). The van der Waals surface area contributed by atoms with Crippen molar-refractivity contribution in [3.63, 3.8) is 0 Å². The van der Waals surface area contributed by atoms with Gasteiger partial charge in [0.15, 0.2) is 9.84 Å². The van der Waals surface area contributed by atoms with Crippen molar-refractivity contribution < 1.29 is 18.1 Å². The molecule has 116 valence electrons. The number of hydrogen-bond acceptors (Lipinski definition) is 6. The summed E-state index contributed by atoms with van der Waals surface area (Å²) < 4.78 is 28.4. The van der Waals surface area contributed by atoms with E-state index in [4.69, 9.17) is 4.74 Å². The zero-order valence-electron chi connectivity index (χ0n) is 11.7. The number of nitrogens with one attached hydrogen (secondary N) is 1. The molecule has 21 heavy (non-hydrogen) atoms. The lowest BCUT2D eigenvalue weighted by Gasteiger charge is -2.11. The molecular weight excluding hydrogens is 296 g/mol. The average molecular weight is 314 g/mol. The molecule has 0 saturated carbocycles. The fourth-order valence-corrected chi connectivity index (χ4v) is 2.92. The molecule has 1 heterocycles. The molecule has 0 bridgehead atoms. The highest BCUT2D eigenvalue weighted by molar-refractivity contribution is 7.90. The van der Waals surface area contributed by atoms with Gasteiger partial charge in [0.05, 0.1) is 15.9 Å². The molecule has 1 saturated heterocycles. The summed E-state index contributed by atoms with van der Waals surface area (Å²) in [5, 5.41) is 14.1. The lowest BCUT2D eigenvalue weighted by Crippen LogP contribution is -2.13. The zero-order valence-corrected chi connectivity index (χ0v) is 12.6. The van der Waals surface area contributed by atoms with Crippen LogP contribution in [0.15, 0.2) is 23.1 Å². The predicted octanol–water partition coefficient (Wildman–Crippen LogP) is 1.98. The minimum atomic E-state index is -3.46. The van der Waals surface area contributed by atoms with Crippen LogP contribution in [0.2, 0.25) is 0 Å². The first kappa shape index (κ1) is 15.7. The Kier molecular flexibility index (Phi) is 4.79. The number of nitro benzene ring substituents is 1. The molecule has 1 aromatic rings. The highest BCUT2D eigenvalue weighted by Crippen LogP contribution is 2.27. The Morgan fingerprint density at radius 2 is 2.24 bits per heavy atom. The summed E-state index contributed by atoms with van der Waals surface area (Å²) in [6.07, 6.45) is 4.05. The van der Waals surface area contributed by atoms with Gasteiger partial charge in [0.25, 0.3) is 5.69 Å². The van der Waals surface area contributed by atoms with Gasteiger partial charge in [-0.15, -0.1) is 0 Å². The average Bonchev–Trinajstić information content (AvgIpc) is 2.90. The van der Waals surface area contributed by atoms with Crippen LogP contribution in [0.5, 0.6) is 0 Å². The molecule has 8 heteroatoms. The zero-order chi connectivity index (χ0) is 15.5. The standard InChI is InChI=1S/C13H18N2O5S/c1-21(18,19)11-4-5-12(13(9-11)15(16)17)14-7-6-10-3-2-8-20-10/h4-5,9-10,14H,2-3,6-8H2,1H3. The van der Waals surface area contributed by atoms with E-state index in [0.717, 1.165) is 38.2 Å². The first-order valence-corrected chi connectivity index (χ1v) is 8.61. The minimum Gasteiger partial charge on any atom is -0.379 e. The highest BCUT2D eigenvalue weighted by Gasteiger charge is 2.19. The maximum Gasteiger partial charge on any atom is 0.293 e. The highest BCUT2D eigenvalue weighted by atomic mass is 32.2. The lowest BCUT2D eigenvalue weighted by molar-refractivity contribution is -0.384. The normalized spacial score (nSPS) is 18.6. The molecule has 1 aliphatic rings. The third-order valence-electron chi connectivity index (χ3n) is 3.40. The van der Waals surface area contributed by atoms with Crippen LogP contribution in [0.25, 0.3) is 0 Å². The Bertz CT molecular complexity index is 623. The van der Waals surface area contributed by atoms with Crippen LogP contribution in [0.3, 0.4) is 0 Å². The lowest BCUT2D eigenvalue weighted by atomic mass is 10.2. The predicted molar refractivity (Wildman–Crippen MR) is 78.3 cm³/mol. The SMILES string of the molecule is CS(=O)(=O)c1ccc(NCCC2CCCO2)c([N+](=O)[O-])c1. The van der Waals surface area contributed by atoms with Crippen LogP contribution in [0.1, 0.15) is 19.3 Å². The van der Waals surface area contributed by atoms with Gasteiger partial charge in [-0.2, -0.15) is 0 Å². The van der Waals surface area contributed by atoms with Gasteiger partial charge >= 0.3 is 0 Å². The number of sulfone groups is 1. The van der Waals surface area contributed by atoms with E-state index in [1.165, 1.54) is 12.1 Å². The summed E-state index contributed by atoms with van der Waals surface area (Å²) in [5.74, 6) is 0. The van der Waals surface area contributed by atoms with Crippen molar-refractivity contribution in [3.05, 3.63) is 28.3 Å². The Balaban J connectivity index is 2.09. The van der Waals surface area contributed by atoms with E-state index >= 15 is 0 Å². The summed E-state index contributed by atoms with van der Waals surface area (Å²) in [5.41, 5.74) is 0.0932. The maximum atomic E-state index is 11.4. The van der Waals surface area contributed by atoms with Gasteiger partial charge in [0, 0.05) is 25.5 Å². The monoisotopic (exact) mass is 314 g/mol. The number of anilines is 1. The minimum absolute atomic E-state index is 0.0566. The van der Waals surface area contributed by atoms with Gasteiger partial charge in [-0.1, -0.05) is 0 Å².